The Morgan fingerprint density at radius 2 is 0.763 bits per heavy atom. The van der Waals surface area contributed by atoms with Gasteiger partial charge in [0.05, 0.1) is 18.0 Å². The van der Waals surface area contributed by atoms with E-state index in [1.54, 1.807) is 0 Å². The Kier molecular flexibility index (Phi) is 16.2. The number of aliphatic hydroxyl groups is 1. The number of pyridine rings is 1. The summed E-state index contributed by atoms with van der Waals surface area (Å²) in [6, 6.07) is 54.0. The van der Waals surface area contributed by atoms with Gasteiger partial charge in [-0.15, -0.1) is 12.4 Å². The molecule has 1 heterocycles. The molecule has 7 aromatic rings. The van der Waals surface area contributed by atoms with E-state index >= 15 is 0 Å². The van der Waals surface area contributed by atoms with Gasteiger partial charge < -0.3 is 35.0 Å². The number of benzene rings is 6. The average Bonchev–Trinajstić information content (AvgIpc) is 3.18. The van der Waals surface area contributed by atoms with Crippen molar-refractivity contribution in [1.82, 2.24) is 4.98 Å². The lowest BCUT2D eigenvalue weighted by Gasteiger charge is -2.32. The lowest BCUT2D eigenvalue weighted by molar-refractivity contribution is -0.001000. The zero-order chi connectivity index (χ0) is 39.6. The molecule has 0 aliphatic carbocycles. The fraction of sp³-hybridized carbons (Fsp3) is 0.196. The number of halogens is 3. The molecule has 0 aliphatic rings. The molecule has 0 saturated carbocycles. The van der Waals surface area contributed by atoms with Crippen LogP contribution in [0.5, 0.6) is 5.75 Å². The van der Waals surface area contributed by atoms with E-state index in [9.17, 15) is 10.2 Å². The minimum absolute atomic E-state index is 0. The number of aromatic nitrogens is 1. The van der Waals surface area contributed by atoms with Crippen molar-refractivity contribution in [2.24, 2.45) is 0 Å². The summed E-state index contributed by atoms with van der Waals surface area (Å²) >= 11 is 0. The fourth-order valence-electron chi connectivity index (χ4n) is 8.38. The van der Waals surface area contributed by atoms with Gasteiger partial charge in [-0.05, 0) is 149 Å². The molecular weight excluding hydrogens is 827 g/mol. The van der Waals surface area contributed by atoms with Gasteiger partial charge in [0.25, 0.3) is 0 Å². The van der Waals surface area contributed by atoms with E-state index in [2.05, 4.69) is 187 Å². The van der Waals surface area contributed by atoms with E-state index in [0.717, 1.165) is 11.3 Å². The van der Waals surface area contributed by atoms with Gasteiger partial charge in [0.15, 0.2) is 0 Å². The van der Waals surface area contributed by atoms with E-state index in [-0.39, 0.29) is 49.6 Å². The Bertz CT molecular complexity index is 2380. The van der Waals surface area contributed by atoms with Gasteiger partial charge >= 0.3 is 0 Å². The first-order valence-corrected chi connectivity index (χ1v) is 23.4. The van der Waals surface area contributed by atoms with E-state index in [0.29, 0.717) is 23.6 Å². The number of nitrogens with zero attached hydrogens (tertiary/aromatic N) is 1. The molecular formula is C51H54Cl3NO2P2. The molecule has 0 radical (unpaired) electrons. The van der Waals surface area contributed by atoms with Crippen LogP contribution in [0.25, 0.3) is 0 Å². The van der Waals surface area contributed by atoms with Gasteiger partial charge in [-0.2, -0.15) is 0 Å². The summed E-state index contributed by atoms with van der Waals surface area (Å²) in [6.45, 7) is 14.6. The van der Waals surface area contributed by atoms with Crippen molar-refractivity contribution in [2.45, 2.75) is 67.4 Å². The third-order valence-electron chi connectivity index (χ3n) is 11.3. The van der Waals surface area contributed by atoms with Crippen LogP contribution in [0.3, 0.4) is 0 Å². The van der Waals surface area contributed by atoms with Crippen LogP contribution >= 0.6 is 26.9 Å². The molecule has 306 valence electrons. The first-order chi connectivity index (χ1) is 26.9. The van der Waals surface area contributed by atoms with Gasteiger partial charge in [-0.3, -0.25) is 0 Å². The number of rotatable bonds is 11. The maximum atomic E-state index is 11.9. The molecule has 3 nitrogen and oxygen atoms in total. The third-order valence-corrected chi connectivity index (χ3v) is 19.8. The summed E-state index contributed by atoms with van der Waals surface area (Å²) < 4.78 is 0. The predicted molar refractivity (Wildman–Crippen MR) is 250 cm³/mol. The Labute approximate surface area is 371 Å². The lowest BCUT2D eigenvalue weighted by Crippen LogP contribution is -3.00. The molecule has 6 aromatic carbocycles. The molecule has 1 aromatic heterocycles. The highest BCUT2D eigenvalue weighted by Crippen LogP contribution is 2.62. The van der Waals surface area contributed by atoms with E-state index < -0.39 is 14.5 Å². The molecule has 2 N–H and O–H groups in total. The van der Waals surface area contributed by atoms with Gasteiger partial charge in [0.1, 0.15) is 64.4 Å². The van der Waals surface area contributed by atoms with Crippen molar-refractivity contribution < 1.29 is 35.0 Å². The molecule has 7 rings (SSSR count). The number of aryl methyl sites for hydroxylation is 7. The Morgan fingerprint density at radius 3 is 1.08 bits per heavy atom. The largest absolute Gasteiger partial charge is 1.00 e. The second-order valence-corrected chi connectivity index (χ2v) is 22.5. The minimum atomic E-state index is -2.51. The summed E-state index contributed by atoms with van der Waals surface area (Å²) in [5.74, 6) is 0.0763. The second kappa shape index (κ2) is 20.0. The first kappa shape index (κ1) is 47.6. The third kappa shape index (κ3) is 9.48. The van der Waals surface area contributed by atoms with Crippen molar-refractivity contribution in [2.75, 3.05) is 0 Å². The van der Waals surface area contributed by atoms with Crippen LogP contribution in [-0.4, -0.2) is 15.2 Å². The first-order valence-electron chi connectivity index (χ1n) is 19.5. The summed E-state index contributed by atoms with van der Waals surface area (Å²) in [7, 11) is -4.97. The van der Waals surface area contributed by atoms with Crippen LogP contribution in [0.15, 0.2) is 146 Å². The molecule has 8 heteroatoms. The smallest absolute Gasteiger partial charge is 0.142 e. The fourth-order valence-corrected chi connectivity index (χ4v) is 17.3. The molecule has 0 atom stereocenters. The topological polar surface area (TPSA) is 53.4 Å². The molecule has 0 spiro atoms. The van der Waals surface area contributed by atoms with Crippen LogP contribution in [0.4, 0.5) is 0 Å². The van der Waals surface area contributed by atoms with Crippen LogP contribution in [0.2, 0.25) is 0 Å². The molecule has 0 aliphatic heterocycles. The Hall–Kier alpha value is -4.04. The normalized spacial score (nSPS) is 11.3. The second-order valence-electron chi connectivity index (χ2n) is 15.6. The van der Waals surface area contributed by atoms with Crippen molar-refractivity contribution >= 4 is 58.8 Å². The van der Waals surface area contributed by atoms with Crippen molar-refractivity contribution in [3.8, 4) is 5.75 Å². The van der Waals surface area contributed by atoms with Gasteiger partial charge in [0, 0.05) is 11.1 Å². The van der Waals surface area contributed by atoms with E-state index in [1.807, 2.05) is 6.92 Å². The summed E-state index contributed by atoms with van der Waals surface area (Å²) in [5.41, 5.74) is 10.2. The standard InChI is InChI=1S/C51H52NO2P2.3ClH/c1-35-23-25-42(26-24-35)56(46-21-11-16-39(5)30-46,47-22-12-17-40(6)31-47)34-50-49(48(32-53)51(54)41(7)52-50)33-55(43-18-8-13-36(2)27-43,44-19-9-14-37(3)28-44)45-20-10-15-38(4)29-45;;;/h8-31,53H,32-34H2,1-7H3;3*1H/q+1;;;/p-1. The maximum absolute atomic E-state index is 11.9. The highest BCUT2D eigenvalue weighted by molar-refractivity contribution is 7.95. The van der Waals surface area contributed by atoms with Gasteiger partial charge in [-0.1, -0.05) is 78.4 Å². The van der Waals surface area contributed by atoms with E-state index in [4.69, 9.17) is 4.98 Å². The van der Waals surface area contributed by atoms with Crippen LogP contribution in [0.1, 0.15) is 55.9 Å². The summed E-state index contributed by atoms with van der Waals surface area (Å²) in [6.07, 6.45) is 1.22. The van der Waals surface area contributed by atoms with Crippen molar-refractivity contribution in [3.63, 3.8) is 0 Å². The van der Waals surface area contributed by atoms with Crippen molar-refractivity contribution in [1.29, 1.82) is 0 Å². The van der Waals surface area contributed by atoms with Gasteiger partial charge in [-0.25, -0.2) is 4.98 Å². The average molecular weight is 881 g/mol. The number of hydrogen-bond donors (Lipinski definition) is 2. The molecule has 0 saturated heterocycles. The highest BCUT2D eigenvalue weighted by Gasteiger charge is 2.50. The molecule has 59 heavy (non-hydrogen) atoms. The van der Waals surface area contributed by atoms with Crippen molar-refractivity contribution in [3.05, 3.63) is 201 Å². The van der Waals surface area contributed by atoms with E-state index in [1.165, 1.54) is 65.2 Å². The van der Waals surface area contributed by atoms with Crippen LogP contribution in [-0.2, 0) is 18.9 Å². The number of hydrogen-bond acceptors (Lipinski definition) is 3. The zero-order valence-electron chi connectivity index (χ0n) is 34.9. The zero-order valence-corrected chi connectivity index (χ0v) is 39.0. The number of aliphatic hydroxyl groups excluding tert-OH is 1. The summed E-state index contributed by atoms with van der Waals surface area (Å²) in [4.78, 5) is 5.41. The van der Waals surface area contributed by atoms with Crippen LogP contribution in [0, 0.1) is 48.5 Å². The summed E-state index contributed by atoms with van der Waals surface area (Å²) in [5, 5.41) is 30.9. The molecule has 0 amide bonds. The van der Waals surface area contributed by atoms with Crippen LogP contribution < -0.4 is 56.6 Å². The Balaban J connectivity index is 0.00000256. The highest BCUT2D eigenvalue weighted by atomic mass is 35.5. The predicted octanol–water partition coefficient (Wildman–Crippen LogP) is 3.86. The number of aromatic hydroxyl groups is 1. The SMILES string of the molecule is Cc1ccc([P+](Cc2nc(C)c(O)c(CO)c2C[P+](c2cccc(C)c2)(c2cccc(C)c2)c2cccc(C)c2)(c2cccc(C)c2)c2cccc(C)c2)cc1.Cl.[Cl-].[Cl-]. The maximum Gasteiger partial charge on any atom is 0.142 e. The lowest BCUT2D eigenvalue weighted by atomic mass is 10.1. The van der Waals surface area contributed by atoms with Gasteiger partial charge in [0.2, 0.25) is 0 Å². The quantitative estimate of drug-likeness (QED) is 0.195. The molecule has 0 bridgehead atoms. The minimum Gasteiger partial charge on any atom is -1.00 e. The Morgan fingerprint density at radius 1 is 0.424 bits per heavy atom. The monoisotopic (exact) mass is 879 g/mol. The molecule has 0 unspecified atom stereocenters. The molecule has 0 fully saturated rings.